The van der Waals surface area contributed by atoms with Gasteiger partial charge in [0.1, 0.15) is 0 Å². The van der Waals surface area contributed by atoms with Gasteiger partial charge < -0.3 is 4.42 Å². The summed E-state index contributed by atoms with van der Waals surface area (Å²) in [5.74, 6) is 0.554. The number of thioether (sulfide) groups is 1. The molecule has 8 heteroatoms. The van der Waals surface area contributed by atoms with Crippen LogP contribution in [0, 0.1) is 10.1 Å². The molecular formula is C6H4N2O4S2. The van der Waals surface area contributed by atoms with Crippen molar-refractivity contribution in [1.82, 2.24) is 4.37 Å². The molecule has 1 atom stereocenters. The Morgan fingerprint density at radius 3 is 3.00 bits per heavy atom. The Kier molecular flexibility index (Phi) is 2.38. The summed E-state index contributed by atoms with van der Waals surface area (Å²) in [6.07, 6.45) is 1.46. The van der Waals surface area contributed by atoms with E-state index in [9.17, 15) is 14.9 Å². The molecule has 0 bridgehead atoms. The lowest BCUT2D eigenvalue weighted by atomic mass is 10.3. The van der Waals surface area contributed by atoms with E-state index >= 15 is 0 Å². The fraction of sp³-hybridized carbons (Fsp3) is 0.333. The predicted octanol–water partition coefficient (Wildman–Crippen LogP) is 0.829. The van der Waals surface area contributed by atoms with Gasteiger partial charge in [0.2, 0.25) is 11.9 Å². The van der Waals surface area contributed by atoms with Gasteiger partial charge >= 0.3 is 4.94 Å². The quantitative estimate of drug-likeness (QED) is 0.554. The van der Waals surface area contributed by atoms with Crippen LogP contribution in [0.2, 0.25) is 0 Å². The summed E-state index contributed by atoms with van der Waals surface area (Å²) >= 11 is 1.98. The van der Waals surface area contributed by atoms with Crippen molar-refractivity contribution in [3.05, 3.63) is 31.8 Å². The average Bonchev–Trinajstić information content (AvgIpc) is 2.70. The molecule has 1 aromatic heterocycles. The third-order valence-corrected chi connectivity index (χ3v) is 3.24. The first-order valence-corrected chi connectivity index (χ1v) is 5.38. The smallest absolute Gasteiger partial charge is 0.393 e. The summed E-state index contributed by atoms with van der Waals surface area (Å²) in [6.45, 7) is 0. The number of hydrogen-bond donors (Lipinski definition) is 0. The zero-order chi connectivity index (χ0) is 10.1. The molecule has 2 rings (SSSR count). The highest BCUT2D eigenvalue weighted by atomic mass is 32.2. The Morgan fingerprint density at radius 1 is 1.71 bits per heavy atom. The molecule has 0 spiro atoms. The molecule has 0 fully saturated rings. The zero-order valence-corrected chi connectivity index (χ0v) is 8.34. The maximum atomic E-state index is 10.7. The fourth-order valence-corrected chi connectivity index (χ4v) is 2.49. The molecule has 0 aliphatic carbocycles. The van der Waals surface area contributed by atoms with Crippen LogP contribution >= 0.6 is 23.3 Å². The average molecular weight is 232 g/mol. The highest BCUT2D eigenvalue weighted by molar-refractivity contribution is 8.08. The second kappa shape index (κ2) is 3.54. The Hall–Kier alpha value is -1.15. The molecule has 0 radical (unpaired) electrons. The van der Waals surface area contributed by atoms with Gasteiger partial charge in [0.05, 0.1) is 22.2 Å². The lowest BCUT2D eigenvalue weighted by molar-refractivity contribution is -0.502. The van der Waals surface area contributed by atoms with Gasteiger partial charge in [-0.1, -0.05) is 0 Å². The third-order valence-electron chi connectivity index (χ3n) is 1.62. The van der Waals surface area contributed by atoms with Crippen LogP contribution in [0.1, 0.15) is 5.89 Å². The van der Waals surface area contributed by atoms with Gasteiger partial charge in [-0.05, 0) is 0 Å². The molecule has 0 N–H and O–H groups in total. The molecule has 0 saturated heterocycles. The van der Waals surface area contributed by atoms with Crippen LogP contribution < -0.4 is 4.94 Å². The highest BCUT2D eigenvalue weighted by Gasteiger charge is 2.28. The zero-order valence-electron chi connectivity index (χ0n) is 6.71. The van der Waals surface area contributed by atoms with Crippen molar-refractivity contribution in [3.63, 3.8) is 0 Å². The first-order chi connectivity index (χ1) is 6.66. The van der Waals surface area contributed by atoms with Crippen molar-refractivity contribution >= 4 is 28.2 Å². The molecule has 1 aliphatic heterocycles. The van der Waals surface area contributed by atoms with Crippen molar-refractivity contribution < 1.29 is 9.34 Å². The van der Waals surface area contributed by atoms with Crippen molar-refractivity contribution in [1.29, 1.82) is 0 Å². The van der Waals surface area contributed by atoms with Gasteiger partial charge in [-0.2, -0.15) is 0 Å². The van der Waals surface area contributed by atoms with E-state index in [1.807, 2.05) is 0 Å². The van der Waals surface area contributed by atoms with Crippen molar-refractivity contribution in [2.24, 2.45) is 0 Å². The number of nitro groups is 1. The number of hydrogen-bond acceptors (Lipinski definition) is 7. The Bertz CT molecular complexity index is 449. The topological polar surface area (TPSA) is 86.2 Å². The van der Waals surface area contributed by atoms with Crippen LogP contribution in [-0.2, 0) is 0 Å². The molecule has 14 heavy (non-hydrogen) atoms. The third kappa shape index (κ3) is 1.70. The van der Waals surface area contributed by atoms with Crippen molar-refractivity contribution in [3.8, 4) is 0 Å². The van der Waals surface area contributed by atoms with E-state index in [0.717, 1.165) is 0 Å². The van der Waals surface area contributed by atoms with Gasteiger partial charge in [0, 0.05) is 11.0 Å². The second-order valence-corrected chi connectivity index (χ2v) is 4.29. The van der Waals surface area contributed by atoms with Gasteiger partial charge in [-0.15, -0.1) is 16.1 Å². The number of nitrogens with zero attached hydrogens (tertiary/aromatic N) is 2. The van der Waals surface area contributed by atoms with E-state index in [0.29, 0.717) is 22.2 Å². The maximum absolute atomic E-state index is 10.7. The minimum atomic E-state index is -0.706. The summed E-state index contributed by atoms with van der Waals surface area (Å²) in [6, 6.07) is -0.706. The summed E-state index contributed by atoms with van der Waals surface area (Å²) in [4.78, 5) is 20.8. The largest absolute Gasteiger partial charge is 0.414 e. The lowest BCUT2D eigenvalue weighted by Crippen LogP contribution is -2.15. The number of rotatable bonds is 2. The first kappa shape index (κ1) is 9.41. The molecule has 1 aliphatic rings. The van der Waals surface area contributed by atoms with Crippen LogP contribution in [-0.4, -0.2) is 21.1 Å². The van der Waals surface area contributed by atoms with Gasteiger partial charge in [-0.25, -0.2) is 4.79 Å². The summed E-state index contributed by atoms with van der Waals surface area (Å²) < 4.78 is 8.48. The van der Waals surface area contributed by atoms with E-state index in [1.54, 1.807) is 0 Å². The fourth-order valence-electron chi connectivity index (χ4n) is 0.991. The normalized spacial score (nSPS) is 20.9. The molecule has 74 valence electrons. The van der Waals surface area contributed by atoms with Gasteiger partial charge in [-0.3, -0.25) is 10.1 Å². The molecule has 0 saturated carbocycles. The molecule has 1 aromatic rings. The Morgan fingerprint density at radius 2 is 2.50 bits per heavy atom. The Balaban J connectivity index is 2.25. The van der Waals surface area contributed by atoms with Gasteiger partial charge in [0.15, 0.2) is 0 Å². The lowest BCUT2D eigenvalue weighted by Gasteiger charge is -1.92. The van der Waals surface area contributed by atoms with Crippen molar-refractivity contribution in [2.75, 3.05) is 5.75 Å². The predicted molar refractivity (Wildman–Crippen MR) is 51.9 cm³/mol. The van der Waals surface area contributed by atoms with Crippen LogP contribution in [0.4, 0.5) is 0 Å². The monoisotopic (exact) mass is 232 g/mol. The van der Waals surface area contributed by atoms with E-state index < -0.39 is 11.0 Å². The summed E-state index contributed by atoms with van der Waals surface area (Å²) in [5, 5.41) is 10.4. The van der Waals surface area contributed by atoms with Gasteiger partial charge in [0.25, 0.3) is 0 Å². The standard InChI is InChI=1S/C6H4N2O4S2/c9-6-12-5(7-14-6)4-1-3(2-13-4)8(10)11/h1,3H,2H2. The second-order valence-electron chi connectivity index (χ2n) is 2.53. The minimum Gasteiger partial charge on any atom is -0.393 e. The summed E-state index contributed by atoms with van der Waals surface area (Å²) in [7, 11) is 0. The molecule has 0 amide bonds. The first-order valence-electron chi connectivity index (χ1n) is 3.62. The number of aromatic nitrogens is 1. The highest BCUT2D eigenvalue weighted by Crippen LogP contribution is 2.33. The SMILES string of the molecule is O=c1oc(C2=CC([N+](=O)[O-])CS2)ns1. The van der Waals surface area contributed by atoms with E-state index in [-0.39, 0.29) is 10.8 Å². The van der Waals surface area contributed by atoms with Crippen LogP contribution in [0.25, 0.3) is 4.91 Å². The van der Waals surface area contributed by atoms with Crippen LogP contribution in [0.5, 0.6) is 0 Å². The molecule has 2 heterocycles. The maximum Gasteiger partial charge on any atom is 0.414 e. The Labute approximate surface area is 85.9 Å². The molecular weight excluding hydrogens is 228 g/mol. The van der Waals surface area contributed by atoms with E-state index in [1.165, 1.54) is 17.8 Å². The molecule has 1 unspecified atom stereocenters. The van der Waals surface area contributed by atoms with Crippen molar-refractivity contribution in [2.45, 2.75) is 6.04 Å². The van der Waals surface area contributed by atoms with Crippen LogP contribution in [0.15, 0.2) is 15.3 Å². The molecule has 6 nitrogen and oxygen atoms in total. The summed E-state index contributed by atoms with van der Waals surface area (Å²) in [5.41, 5.74) is 0. The van der Waals surface area contributed by atoms with E-state index in [4.69, 9.17) is 4.42 Å². The van der Waals surface area contributed by atoms with Crippen LogP contribution in [0.3, 0.4) is 0 Å². The van der Waals surface area contributed by atoms with E-state index in [2.05, 4.69) is 4.37 Å². The minimum absolute atomic E-state index is 0.189. The molecule has 0 aromatic carbocycles.